The third-order valence-electron chi connectivity index (χ3n) is 4.95. The van der Waals surface area contributed by atoms with E-state index in [2.05, 4.69) is 0 Å². The van der Waals surface area contributed by atoms with Crippen molar-refractivity contribution in [1.29, 1.82) is 0 Å². The maximum atomic E-state index is 12.9. The van der Waals surface area contributed by atoms with Gasteiger partial charge in [-0.15, -0.1) is 0 Å². The highest BCUT2D eigenvalue weighted by atomic mass is 35.5. The molecule has 0 spiro atoms. The lowest BCUT2D eigenvalue weighted by Gasteiger charge is -2.40. The molecule has 2 fully saturated rings. The van der Waals surface area contributed by atoms with Crippen LogP contribution in [0.15, 0.2) is 24.3 Å². The lowest BCUT2D eigenvalue weighted by molar-refractivity contribution is -0.127. The van der Waals surface area contributed by atoms with Crippen LogP contribution in [0.25, 0.3) is 6.08 Å². The predicted molar refractivity (Wildman–Crippen MR) is 114 cm³/mol. The van der Waals surface area contributed by atoms with E-state index >= 15 is 0 Å². The molecule has 2 atom stereocenters. The molecular weight excluding hydrogens is 437 g/mol. The first-order valence-corrected chi connectivity index (χ1v) is 11.6. The summed E-state index contributed by atoms with van der Waals surface area (Å²) in [5.41, 5.74) is 0.768. The molecule has 0 radical (unpaired) electrons. The Morgan fingerprint density at radius 3 is 2.24 bits per heavy atom. The van der Waals surface area contributed by atoms with Crippen LogP contribution in [0.3, 0.4) is 0 Å². The second-order valence-corrected chi connectivity index (χ2v) is 10.1. The number of hydrogen-bond acceptors (Lipinski definition) is 4. The smallest absolute Gasteiger partial charge is 0.282 e. The van der Waals surface area contributed by atoms with Crippen molar-refractivity contribution in [2.24, 2.45) is 0 Å². The summed E-state index contributed by atoms with van der Waals surface area (Å²) in [5.74, 6) is -0.165. The van der Waals surface area contributed by atoms with Gasteiger partial charge in [0.15, 0.2) is 0 Å². The Labute approximate surface area is 182 Å². The number of nitrogens with zero attached hydrogens (tertiary/aromatic N) is 3. The van der Waals surface area contributed by atoms with Crippen LogP contribution in [0.1, 0.15) is 19.4 Å². The van der Waals surface area contributed by atoms with E-state index in [1.165, 1.54) is 14.7 Å². The van der Waals surface area contributed by atoms with Crippen LogP contribution >= 0.6 is 23.2 Å². The lowest BCUT2D eigenvalue weighted by Crippen LogP contribution is -2.57. The Kier molecular flexibility index (Phi) is 7.24. The highest BCUT2D eigenvalue weighted by Crippen LogP contribution is 2.23. The molecule has 2 heterocycles. The summed E-state index contributed by atoms with van der Waals surface area (Å²) in [6, 6.07) is 5.13. The van der Waals surface area contributed by atoms with Crippen molar-refractivity contribution in [3.8, 4) is 0 Å². The van der Waals surface area contributed by atoms with Crippen molar-refractivity contribution in [1.82, 2.24) is 13.5 Å². The zero-order chi connectivity index (χ0) is 21.2. The first kappa shape index (κ1) is 22.5. The van der Waals surface area contributed by atoms with E-state index in [0.29, 0.717) is 36.2 Å². The molecule has 1 aromatic rings. The summed E-state index contributed by atoms with van der Waals surface area (Å²) in [6.45, 7) is 5.67. The predicted octanol–water partition coefficient (Wildman–Crippen LogP) is 2.50. The SMILES string of the molecule is CC1CN(S(=O)(=O)N2CCN(C(=O)/C=C/c3ccc(Cl)c(Cl)c3)CC2)CC(C)O1. The van der Waals surface area contributed by atoms with Crippen molar-refractivity contribution in [2.45, 2.75) is 26.1 Å². The van der Waals surface area contributed by atoms with Crippen molar-refractivity contribution in [3.05, 3.63) is 39.9 Å². The first-order valence-electron chi connectivity index (χ1n) is 9.49. The monoisotopic (exact) mass is 461 g/mol. The van der Waals surface area contributed by atoms with Gasteiger partial charge in [0.1, 0.15) is 0 Å². The number of carbonyl (C=O) groups excluding carboxylic acids is 1. The van der Waals surface area contributed by atoms with Crippen LogP contribution in [-0.2, 0) is 19.7 Å². The van der Waals surface area contributed by atoms with Crippen molar-refractivity contribution < 1.29 is 17.9 Å². The number of amides is 1. The van der Waals surface area contributed by atoms with Gasteiger partial charge in [-0.3, -0.25) is 4.79 Å². The molecule has 10 heteroatoms. The lowest BCUT2D eigenvalue weighted by atomic mass is 10.2. The zero-order valence-electron chi connectivity index (χ0n) is 16.4. The molecule has 0 aliphatic carbocycles. The standard InChI is InChI=1S/C19H25Cl2N3O4S/c1-14-12-24(13-15(2)28-14)29(26,27)23-9-7-22(8-10-23)19(25)6-4-16-3-5-17(20)18(21)11-16/h3-6,11,14-15H,7-10,12-13H2,1-2H3/b6-4+. The molecule has 7 nitrogen and oxygen atoms in total. The van der Waals surface area contributed by atoms with Gasteiger partial charge in [-0.25, -0.2) is 0 Å². The minimum absolute atomic E-state index is 0.136. The van der Waals surface area contributed by atoms with Crippen LogP contribution in [0, 0.1) is 0 Å². The number of carbonyl (C=O) groups is 1. The second kappa shape index (κ2) is 9.32. The van der Waals surface area contributed by atoms with Crippen LogP contribution in [0.5, 0.6) is 0 Å². The molecule has 0 bridgehead atoms. The minimum atomic E-state index is -3.56. The highest BCUT2D eigenvalue weighted by molar-refractivity contribution is 7.86. The number of piperazine rings is 1. The second-order valence-electron chi connectivity index (χ2n) is 7.31. The number of halogens is 2. The summed E-state index contributed by atoms with van der Waals surface area (Å²) in [7, 11) is -3.56. The Hall–Kier alpha value is -1.16. The Morgan fingerprint density at radius 2 is 1.66 bits per heavy atom. The van der Waals surface area contributed by atoms with Crippen LogP contribution < -0.4 is 0 Å². The number of hydrogen-bond donors (Lipinski definition) is 0. The molecule has 2 aliphatic heterocycles. The van der Waals surface area contributed by atoms with E-state index in [1.54, 1.807) is 29.2 Å². The summed E-state index contributed by atoms with van der Waals surface area (Å²) < 4.78 is 34.4. The van der Waals surface area contributed by atoms with Gasteiger partial charge in [-0.2, -0.15) is 17.0 Å². The quantitative estimate of drug-likeness (QED) is 0.645. The van der Waals surface area contributed by atoms with Gasteiger partial charge in [-0.05, 0) is 37.6 Å². The summed E-state index contributed by atoms with van der Waals surface area (Å²) in [6.07, 6.45) is 2.87. The molecule has 0 N–H and O–H groups in total. The summed E-state index contributed by atoms with van der Waals surface area (Å²) >= 11 is 11.9. The maximum absolute atomic E-state index is 12.9. The third-order valence-corrected chi connectivity index (χ3v) is 7.66. The first-order chi connectivity index (χ1) is 13.7. The van der Waals surface area contributed by atoms with Gasteiger partial charge >= 0.3 is 0 Å². The fourth-order valence-electron chi connectivity index (χ4n) is 3.51. The van der Waals surface area contributed by atoms with E-state index in [0.717, 1.165) is 5.56 Å². The topological polar surface area (TPSA) is 70.2 Å². The molecule has 0 aromatic heterocycles. The van der Waals surface area contributed by atoms with E-state index in [1.807, 2.05) is 13.8 Å². The van der Waals surface area contributed by atoms with Crippen molar-refractivity contribution in [2.75, 3.05) is 39.3 Å². The van der Waals surface area contributed by atoms with E-state index in [4.69, 9.17) is 27.9 Å². The Balaban J connectivity index is 1.57. The summed E-state index contributed by atoms with van der Waals surface area (Å²) in [4.78, 5) is 14.1. The van der Waals surface area contributed by atoms with Gasteiger partial charge < -0.3 is 9.64 Å². The molecular formula is C19H25Cl2N3O4S. The Bertz CT molecular complexity index is 875. The number of rotatable bonds is 4. The molecule has 29 heavy (non-hydrogen) atoms. The number of benzene rings is 1. The molecule has 1 amide bonds. The largest absolute Gasteiger partial charge is 0.373 e. The zero-order valence-corrected chi connectivity index (χ0v) is 18.8. The molecule has 160 valence electrons. The van der Waals surface area contributed by atoms with Crippen molar-refractivity contribution >= 4 is 45.4 Å². The maximum Gasteiger partial charge on any atom is 0.282 e. The molecule has 1 aromatic carbocycles. The van der Waals surface area contributed by atoms with E-state index in [9.17, 15) is 13.2 Å². The average Bonchev–Trinajstić information content (AvgIpc) is 2.68. The van der Waals surface area contributed by atoms with E-state index < -0.39 is 10.2 Å². The number of morpholine rings is 1. The fourth-order valence-corrected chi connectivity index (χ4v) is 5.57. The minimum Gasteiger partial charge on any atom is -0.373 e. The van der Waals surface area contributed by atoms with Gasteiger partial charge in [0.25, 0.3) is 10.2 Å². The third kappa shape index (κ3) is 5.51. The average molecular weight is 462 g/mol. The van der Waals surface area contributed by atoms with Crippen LogP contribution in [0.4, 0.5) is 0 Å². The highest BCUT2D eigenvalue weighted by Gasteiger charge is 2.37. The summed E-state index contributed by atoms with van der Waals surface area (Å²) in [5, 5.41) is 0.878. The van der Waals surface area contributed by atoms with Crippen molar-refractivity contribution in [3.63, 3.8) is 0 Å². The fraction of sp³-hybridized carbons (Fsp3) is 0.526. The molecule has 3 rings (SSSR count). The normalized spacial score (nSPS) is 24.9. The number of ether oxygens (including phenoxy) is 1. The molecule has 0 saturated carbocycles. The van der Waals surface area contributed by atoms with Crippen LogP contribution in [0.2, 0.25) is 10.0 Å². The van der Waals surface area contributed by atoms with Gasteiger partial charge in [0, 0.05) is 45.3 Å². The van der Waals surface area contributed by atoms with E-state index in [-0.39, 0.29) is 31.2 Å². The van der Waals surface area contributed by atoms with Gasteiger partial charge in [0.2, 0.25) is 5.91 Å². The Morgan fingerprint density at radius 1 is 1.03 bits per heavy atom. The molecule has 2 unspecified atom stereocenters. The van der Waals surface area contributed by atoms with Gasteiger partial charge in [0.05, 0.1) is 22.3 Å². The van der Waals surface area contributed by atoms with Gasteiger partial charge in [-0.1, -0.05) is 29.3 Å². The molecule has 2 saturated heterocycles. The van der Waals surface area contributed by atoms with Crippen LogP contribution in [-0.4, -0.2) is 79.3 Å². The molecule has 2 aliphatic rings.